The van der Waals surface area contributed by atoms with Crippen LogP contribution in [0.15, 0.2) is 133 Å². The van der Waals surface area contributed by atoms with E-state index >= 15 is 0 Å². The monoisotopic (exact) mass is 438 g/mol. The maximum Gasteiger partial charge on any atom is 0.0536 e. The Morgan fingerprint density at radius 3 is 2.18 bits per heavy atom. The van der Waals surface area contributed by atoms with Crippen molar-refractivity contribution in [3.05, 3.63) is 133 Å². The molecule has 0 spiro atoms. The molecule has 1 aliphatic rings. The van der Waals surface area contributed by atoms with Gasteiger partial charge in [0.15, 0.2) is 0 Å². The molecule has 0 aromatic heterocycles. The fourth-order valence-electron chi connectivity index (χ4n) is 4.77. The summed E-state index contributed by atoms with van der Waals surface area (Å²) in [4.78, 5) is 2.41. The van der Waals surface area contributed by atoms with Gasteiger partial charge in [-0.05, 0) is 77.5 Å². The van der Waals surface area contributed by atoms with Crippen molar-refractivity contribution in [3.8, 4) is 0 Å². The Morgan fingerprint density at radius 1 is 0.618 bits per heavy atom. The minimum Gasteiger partial charge on any atom is -0.356 e. The molecule has 1 N–H and O–H groups in total. The molecule has 0 heterocycles. The van der Waals surface area contributed by atoms with Crippen LogP contribution >= 0.6 is 0 Å². The Kier molecular flexibility index (Phi) is 5.33. The third-order valence-electron chi connectivity index (χ3n) is 6.45. The Balaban J connectivity index is 1.36. The minimum atomic E-state index is 1.02. The second-order valence-electron chi connectivity index (χ2n) is 8.69. The smallest absolute Gasteiger partial charge is 0.0536 e. The van der Waals surface area contributed by atoms with Crippen LogP contribution < -0.4 is 10.2 Å². The van der Waals surface area contributed by atoms with Crippen molar-refractivity contribution in [2.45, 2.75) is 12.8 Å². The Morgan fingerprint density at radius 2 is 1.35 bits per heavy atom. The van der Waals surface area contributed by atoms with Gasteiger partial charge >= 0.3 is 0 Å². The molecule has 5 aromatic carbocycles. The predicted molar refractivity (Wildman–Crippen MR) is 146 cm³/mol. The van der Waals surface area contributed by atoms with Crippen molar-refractivity contribution in [1.82, 2.24) is 0 Å². The van der Waals surface area contributed by atoms with E-state index in [1.54, 1.807) is 0 Å². The number of rotatable bonds is 5. The maximum absolute atomic E-state index is 3.57. The molecule has 34 heavy (non-hydrogen) atoms. The molecule has 1 aliphatic carbocycles. The molecule has 164 valence electrons. The molecule has 0 bridgehead atoms. The highest BCUT2D eigenvalue weighted by Gasteiger charge is 2.17. The number of allylic oxidation sites excluding steroid dienone is 4. The van der Waals surface area contributed by atoms with E-state index < -0.39 is 0 Å². The molecule has 0 atom stereocenters. The summed E-state index contributed by atoms with van der Waals surface area (Å²) in [6.45, 7) is 0. The molecule has 0 amide bonds. The number of nitrogens with zero attached hydrogens (tertiary/aromatic N) is 1. The van der Waals surface area contributed by atoms with E-state index in [0.717, 1.165) is 24.2 Å². The van der Waals surface area contributed by atoms with E-state index in [1.807, 2.05) is 0 Å². The predicted octanol–water partition coefficient (Wildman–Crippen LogP) is 9.11. The highest BCUT2D eigenvalue weighted by Crippen LogP contribution is 2.38. The van der Waals surface area contributed by atoms with Crippen LogP contribution in [-0.4, -0.2) is 0 Å². The number of anilines is 4. The van der Waals surface area contributed by atoms with E-state index in [1.165, 1.54) is 38.6 Å². The van der Waals surface area contributed by atoms with Gasteiger partial charge < -0.3 is 10.2 Å². The molecule has 0 unspecified atom stereocenters. The van der Waals surface area contributed by atoms with Crippen LogP contribution in [0.25, 0.3) is 21.5 Å². The lowest BCUT2D eigenvalue weighted by Crippen LogP contribution is -2.17. The molecule has 0 saturated heterocycles. The van der Waals surface area contributed by atoms with E-state index in [0.29, 0.717) is 0 Å². The van der Waals surface area contributed by atoms with E-state index in [4.69, 9.17) is 0 Å². The van der Waals surface area contributed by atoms with Gasteiger partial charge in [-0.15, -0.1) is 0 Å². The average molecular weight is 439 g/mol. The first-order chi connectivity index (χ1) is 16.8. The summed E-state index contributed by atoms with van der Waals surface area (Å²) in [7, 11) is 0. The van der Waals surface area contributed by atoms with Crippen molar-refractivity contribution >= 4 is 44.3 Å². The summed E-state index contributed by atoms with van der Waals surface area (Å²) >= 11 is 0. The molecular weight excluding hydrogens is 412 g/mol. The van der Waals surface area contributed by atoms with Crippen LogP contribution in [0.5, 0.6) is 0 Å². The summed E-state index contributed by atoms with van der Waals surface area (Å²) < 4.78 is 0. The van der Waals surface area contributed by atoms with Crippen molar-refractivity contribution in [2.24, 2.45) is 0 Å². The van der Waals surface area contributed by atoms with Gasteiger partial charge in [-0.25, -0.2) is 0 Å². The number of benzene rings is 5. The number of fused-ring (bicyclic) bond motifs is 2. The SMILES string of the molecule is C1=CCCC(N(c2ccc(Nc3ccc4ccccc4c3)cc2)c2cccc3ccccc23)=C1. The third kappa shape index (κ3) is 3.95. The molecule has 2 nitrogen and oxygen atoms in total. The molecule has 6 rings (SSSR count). The van der Waals surface area contributed by atoms with Crippen LogP contribution in [0.2, 0.25) is 0 Å². The van der Waals surface area contributed by atoms with Gasteiger partial charge in [0.1, 0.15) is 0 Å². The Hall–Kier alpha value is -4.30. The normalized spacial score (nSPS) is 13.1. The molecule has 0 aliphatic heterocycles. The largest absolute Gasteiger partial charge is 0.356 e. The summed E-state index contributed by atoms with van der Waals surface area (Å²) in [6, 6.07) is 38.9. The van der Waals surface area contributed by atoms with Crippen molar-refractivity contribution in [3.63, 3.8) is 0 Å². The topological polar surface area (TPSA) is 15.3 Å². The molecule has 0 radical (unpaired) electrons. The first-order valence-electron chi connectivity index (χ1n) is 11.8. The summed E-state index contributed by atoms with van der Waals surface area (Å²) in [5.41, 5.74) is 5.87. The molecule has 0 saturated carbocycles. The van der Waals surface area contributed by atoms with Gasteiger partial charge in [0, 0.05) is 28.1 Å². The fourth-order valence-corrected chi connectivity index (χ4v) is 4.77. The highest BCUT2D eigenvalue weighted by atomic mass is 15.1. The standard InChI is InChI=1S/C32H26N2/c1-2-13-29(14-3-1)34(32-16-8-12-25-10-6-7-15-31(25)32)30-21-19-27(20-22-30)33-28-18-17-24-9-4-5-11-26(24)23-28/h1-2,4-13,15-23,33H,3,14H2. The molecule has 0 fully saturated rings. The number of hydrogen-bond acceptors (Lipinski definition) is 2. The zero-order valence-electron chi connectivity index (χ0n) is 19.0. The quantitative estimate of drug-likeness (QED) is 0.294. The summed E-state index contributed by atoms with van der Waals surface area (Å²) in [5, 5.41) is 8.58. The fraction of sp³-hybridized carbons (Fsp3) is 0.0625. The summed E-state index contributed by atoms with van der Waals surface area (Å²) in [6.07, 6.45) is 8.74. The highest BCUT2D eigenvalue weighted by molar-refractivity contribution is 5.97. The number of nitrogens with one attached hydrogen (secondary N) is 1. The van der Waals surface area contributed by atoms with Gasteiger partial charge in [0.25, 0.3) is 0 Å². The summed E-state index contributed by atoms with van der Waals surface area (Å²) in [5.74, 6) is 0. The molecular formula is C32H26N2. The second kappa shape index (κ2) is 8.92. The van der Waals surface area contributed by atoms with Crippen molar-refractivity contribution in [1.29, 1.82) is 0 Å². The Bertz CT molecular complexity index is 1520. The van der Waals surface area contributed by atoms with Crippen LogP contribution in [0.4, 0.5) is 22.7 Å². The van der Waals surface area contributed by atoms with Gasteiger partial charge in [0.2, 0.25) is 0 Å². The van der Waals surface area contributed by atoms with Gasteiger partial charge in [-0.3, -0.25) is 0 Å². The first-order valence-corrected chi connectivity index (χ1v) is 11.8. The van der Waals surface area contributed by atoms with E-state index in [2.05, 4.69) is 138 Å². The van der Waals surface area contributed by atoms with Crippen LogP contribution in [0, 0.1) is 0 Å². The minimum absolute atomic E-state index is 1.02. The lowest BCUT2D eigenvalue weighted by Gasteiger charge is -2.30. The average Bonchev–Trinajstić information content (AvgIpc) is 2.90. The van der Waals surface area contributed by atoms with Gasteiger partial charge in [-0.2, -0.15) is 0 Å². The lowest BCUT2D eigenvalue weighted by molar-refractivity contribution is 0.919. The zero-order chi connectivity index (χ0) is 22.7. The Labute approximate surface area is 200 Å². The lowest BCUT2D eigenvalue weighted by atomic mass is 10.0. The molecule has 5 aromatic rings. The van der Waals surface area contributed by atoms with Crippen LogP contribution in [0.3, 0.4) is 0 Å². The van der Waals surface area contributed by atoms with E-state index in [-0.39, 0.29) is 0 Å². The number of hydrogen-bond donors (Lipinski definition) is 1. The molecule has 2 heteroatoms. The van der Waals surface area contributed by atoms with Crippen molar-refractivity contribution in [2.75, 3.05) is 10.2 Å². The van der Waals surface area contributed by atoms with Gasteiger partial charge in [-0.1, -0.05) is 78.9 Å². The van der Waals surface area contributed by atoms with Gasteiger partial charge in [0.05, 0.1) is 5.69 Å². The third-order valence-corrected chi connectivity index (χ3v) is 6.45. The second-order valence-corrected chi connectivity index (χ2v) is 8.69. The van der Waals surface area contributed by atoms with E-state index in [9.17, 15) is 0 Å². The zero-order valence-corrected chi connectivity index (χ0v) is 19.0. The first kappa shape index (κ1) is 20.3. The van der Waals surface area contributed by atoms with Crippen LogP contribution in [0.1, 0.15) is 12.8 Å². The van der Waals surface area contributed by atoms with Crippen molar-refractivity contribution < 1.29 is 0 Å². The maximum atomic E-state index is 3.57. The van der Waals surface area contributed by atoms with Crippen LogP contribution in [-0.2, 0) is 0 Å².